The van der Waals surface area contributed by atoms with E-state index < -0.39 is 0 Å². The van der Waals surface area contributed by atoms with Crippen molar-refractivity contribution in [2.45, 2.75) is 17.7 Å². The van der Waals surface area contributed by atoms with Crippen molar-refractivity contribution in [1.29, 1.82) is 0 Å². The fraction of sp³-hybridized carbons (Fsp3) is 0.0588. The third-order valence-electron chi connectivity index (χ3n) is 11.2. The van der Waals surface area contributed by atoms with E-state index in [2.05, 4.69) is 181 Å². The van der Waals surface area contributed by atoms with E-state index in [1.807, 2.05) is 11.8 Å². The predicted molar refractivity (Wildman–Crippen MR) is 241 cm³/mol. The molecular weight excluding hydrogens is 719 g/mol. The molecule has 0 fully saturated rings. The summed E-state index contributed by atoms with van der Waals surface area (Å²) in [5.74, 6) is 0.687. The lowest BCUT2D eigenvalue weighted by molar-refractivity contribution is 1.01. The van der Waals surface area contributed by atoms with Crippen molar-refractivity contribution in [3.63, 3.8) is 0 Å². The highest BCUT2D eigenvalue weighted by atomic mass is 32.2. The van der Waals surface area contributed by atoms with Gasteiger partial charge < -0.3 is 0 Å². The minimum Gasteiger partial charge on any atom is -0.277 e. The van der Waals surface area contributed by atoms with Gasteiger partial charge in [-0.05, 0) is 88.0 Å². The summed E-state index contributed by atoms with van der Waals surface area (Å²) < 4.78 is 3.58. The van der Waals surface area contributed by atoms with Gasteiger partial charge in [-0.1, -0.05) is 140 Å². The van der Waals surface area contributed by atoms with Gasteiger partial charge in [0, 0.05) is 42.3 Å². The average molecular weight is 754 g/mol. The second-order valence-corrected chi connectivity index (χ2v) is 16.2. The molecule has 3 aromatic heterocycles. The number of aromatic nitrogens is 3. The van der Waals surface area contributed by atoms with Crippen LogP contribution in [0.5, 0.6) is 0 Å². The zero-order chi connectivity index (χ0) is 37.2. The van der Waals surface area contributed by atoms with Crippen LogP contribution in [0.1, 0.15) is 18.4 Å². The maximum absolute atomic E-state index is 5.75. The van der Waals surface area contributed by atoms with Gasteiger partial charge in [0.1, 0.15) is 4.83 Å². The van der Waals surface area contributed by atoms with Crippen molar-refractivity contribution in [2.75, 3.05) is 6.26 Å². The van der Waals surface area contributed by atoms with Gasteiger partial charge in [0.2, 0.25) is 5.95 Å². The lowest BCUT2D eigenvalue weighted by Crippen LogP contribution is -2.05. The molecule has 0 radical (unpaired) electrons. The zero-order valence-electron chi connectivity index (χ0n) is 30.7. The highest BCUT2D eigenvalue weighted by molar-refractivity contribution is 7.99. The number of allylic oxidation sites excluding steroid dienone is 4. The second kappa shape index (κ2) is 13.5. The van der Waals surface area contributed by atoms with Crippen LogP contribution in [0.3, 0.4) is 0 Å². The maximum Gasteiger partial charge on any atom is 0.236 e. The minimum atomic E-state index is 0.687. The van der Waals surface area contributed by atoms with E-state index in [9.17, 15) is 0 Å². The van der Waals surface area contributed by atoms with Gasteiger partial charge >= 0.3 is 0 Å². The van der Waals surface area contributed by atoms with Crippen LogP contribution >= 0.6 is 23.1 Å². The number of thiophene rings is 1. The minimum absolute atomic E-state index is 0.687. The molecule has 3 nitrogen and oxygen atoms in total. The molecule has 1 aliphatic rings. The summed E-state index contributed by atoms with van der Waals surface area (Å²) in [6.07, 6.45) is 11.0. The number of hydrogen-bond acceptors (Lipinski definition) is 4. The monoisotopic (exact) mass is 753 g/mol. The fourth-order valence-corrected chi connectivity index (χ4v) is 10.6. The number of fused-ring (bicyclic) bond motifs is 8. The first-order chi connectivity index (χ1) is 27.7. The number of para-hydroxylation sites is 1. The Morgan fingerprint density at radius 1 is 0.589 bits per heavy atom. The molecule has 10 aromatic rings. The maximum atomic E-state index is 5.75. The van der Waals surface area contributed by atoms with Crippen LogP contribution in [0.2, 0.25) is 0 Å². The van der Waals surface area contributed by atoms with E-state index in [0.717, 1.165) is 51.0 Å². The summed E-state index contributed by atoms with van der Waals surface area (Å²) in [6, 6.07) is 54.7. The van der Waals surface area contributed by atoms with E-state index in [4.69, 9.17) is 9.97 Å². The van der Waals surface area contributed by atoms with E-state index in [0.29, 0.717) is 5.95 Å². The Balaban J connectivity index is 1.30. The number of benzene rings is 7. The molecule has 0 unspecified atom stereocenters. The molecule has 3 heterocycles. The Morgan fingerprint density at radius 2 is 1.21 bits per heavy atom. The smallest absolute Gasteiger partial charge is 0.236 e. The first-order valence-electron chi connectivity index (χ1n) is 19.1. The fourth-order valence-electron chi connectivity index (χ4n) is 8.70. The van der Waals surface area contributed by atoms with Crippen molar-refractivity contribution in [1.82, 2.24) is 14.5 Å². The van der Waals surface area contributed by atoms with Crippen LogP contribution in [-0.4, -0.2) is 20.8 Å². The number of rotatable bonds is 6. The van der Waals surface area contributed by atoms with E-state index >= 15 is 0 Å². The molecule has 0 amide bonds. The van der Waals surface area contributed by atoms with Gasteiger partial charge in [0.05, 0.1) is 16.7 Å². The second-order valence-electron chi connectivity index (χ2n) is 14.4. The van der Waals surface area contributed by atoms with Crippen LogP contribution in [0.25, 0.3) is 97.9 Å². The van der Waals surface area contributed by atoms with E-state index in [1.165, 1.54) is 64.3 Å². The van der Waals surface area contributed by atoms with Crippen molar-refractivity contribution in [3.8, 4) is 39.5 Å². The first-order valence-corrected chi connectivity index (χ1v) is 21.1. The van der Waals surface area contributed by atoms with Crippen molar-refractivity contribution >= 4 is 81.6 Å². The van der Waals surface area contributed by atoms with Gasteiger partial charge in [0.15, 0.2) is 0 Å². The molecule has 1 aliphatic carbocycles. The summed E-state index contributed by atoms with van der Waals surface area (Å²) in [7, 11) is 0. The largest absolute Gasteiger partial charge is 0.277 e. The summed E-state index contributed by atoms with van der Waals surface area (Å²) in [4.78, 5) is 13.6. The predicted octanol–water partition coefficient (Wildman–Crippen LogP) is 14.6. The summed E-state index contributed by atoms with van der Waals surface area (Å²) in [5, 5.41) is 7.27. The third kappa shape index (κ3) is 5.26. The average Bonchev–Trinajstić information content (AvgIpc) is 3.82. The first kappa shape index (κ1) is 33.1. The highest BCUT2D eigenvalue weighted by Gasteiger charge is 2.27. The molecule has 0 N–H and O–H groups in total. The molecule has 7 aromatic carbocycles. The quantitative estimate of drug-likeness (QED) is 0.158. The lowest BCUT2D eigenvalue weighted by atomic mass is 9.92. The normalized spacial score (nSPS) is 13.1. The molecular formula is C51H35N3S2. The third-order valence-corrected chi connectivity index (χ3v) is 13.1. The Bertz CT molecular complexity index is 3170. The number of thioether (sulfide) groups is 1. The molecule has 0 aliphatic heterocycles. The van der Waals surface area contributed by atoms with Crippen LogP contribution in [-0.2, 0) is 0 Å². The SMILES string of the molecule is CSc1c(C2=CC=CCC2)c2c(c3ccccc13)c1ccccc1n2-c1nc(-c2cc(-c3ccccc3)cc(-c3ccccc3)c2)c2c(n1)sc1ccccc12. The Kier molecular flexibility index (Phi) is 7.97. The van der Waals surface area contributed by atoms with Crippen LogP contribution < -0.4 is 0 Å². The number of hydrogen-bond donors (Lipinski definition) is 0. The molecule has 0 atom stereocenters. The van der Waals surface area contributed by atoms with Crippen molar-refractivity contribution in [3.05, 3.63) is 175 Å². The van der Waals surface area contributed by atoms with Gasteiger partial charge in [0.25, 0.3) is 0 Å². The zero-order valence-corrected chi connectivity index (χ0v) is 32.4. The van der Waals surface area contributed by atoms with Gasteiger partial charge in [-0.25, -0.2) is 9.97 Å². The highest BCUT2D eigenvalue weighted by Crippen LogP contribution is 2.48. The van der Waals surface area contributed by atoms with Crippen molar-refractivity contribution < 1.29 is 0 Å². The van der Waals surface area contributed by atoms with E-state index in [-0.39, 0.29) is 0 Å². The molecule has 5 heteroatoms. The summed E-state index contributed by atoms with van der Waals surface area (Å²) >= 11 is 3.58. The molecule has 0 saturated carbocycles. The standard InChI is InChI=1S/C51H35N3S2/c1-55-49-39-24-12-11-23-38(39)45-40-25-13-15-27-42(40)54(48(45)44(49)34-21-9-4-10-22-34)51-52-47(46-41-26-14-16-28-43(41)56-50(46)53-51)37-30-35(32-17-5-2-6-18-32)29-36(31-37)33-19-7-3-8-20-33/h2-9,11-21,23-31H,10,22H2,1H3. The summed E-state index contributed by atoms with van der Waals surface area (Å²) in [6.45, 7) is 0. The lowest BCUT2D eigenvalue weighted by Gasteiger charge is -2.20. The van der Waals surface area contributed by atoms with Crippen LogP contribution in [0.4, 0.5) is 0 Å². The molecule has 0 spiro atoms. The molecule has 11 rings (SSSR count). The number of nitrogens with zero attached hydrogens (tertiary/aromatic N) is 3. The van der Waals surface area contributed by atoms with Gasteiger partial charge in [-0.15, -0.1) is 23.1 Å². The van der Waals surface area contributed by atoms with E-state index in [1.54, 1.807) is 11.3 Å². The topological polar surface area (TPSA) is 30.7 Å². The Hall–Kier alpha value is -6.27. The summed E-state index contributed by atoms with van der Waals surface area (Å²) in [5.41, 5.74) is 11.6. The molecule has 0 bridgehead atoms. The Labute approximate surface area is 333 Å². The van der Waals surface area contributed by atoms with Crippen molar-refractivity contribution in [2.24, 2.45) is 0 Å². The molecule has 0 saturated heterocycles. The van der Waals surface area contributed by atoms with Crippen LogP contribution in [0, 0.1) is 0 Å². The van der Waals surface area contributed by atoms with Gasteiger partial charge in [-0.3, -0.25) is 4.57 Å². The van der Waals surface area contributed by atoms with Gasteiger partial charge in [-0.2, -0.15) is 0 Å². The molecule has 266 valence electrons. The Morgan fingerprint density at radius 3 is 1.91 bits per heavy atom. The van der Waals surface area contributed by atoms with Crippen LogP contribution in [0.15, 0.2) is 175 Å². The molecule has 56 heavy (non-hydrogen) atoms.